The Balaban J connectivity index is 1.64. The molecule has 0 atom stereocenters. The first-order chi connectivity index (χ1) is 10.1. The molecule has 3 rings (SSSR count). The number of hydrogen-bond acceptors (Lipinski definition) is 3. The molecule has 0 saturated carbocycles. The predicted octanol–water partition coefficient (Wildman–Crippen LogP) is 3.16. The molecular formula is C16H17FN2OS. The lowest BCUT2D eigenvalue weighted by atomic mass is 10.2. The summed E-state index contributed by atoms with van der Waals surface area (Å²) in [6.45, 7) is 4.93. The fourth-order valence-corrected chi connectivity index (χ4v) is 3.45. The molecule has 0 spiro atoms. The minimum atomic E-state index is -0.222. The molecular weight excluding hydrogens is 287 g/mol. The first-order valence-electron chi connectivity index (χ1n) is 6.99. The number of thiophene rings is 1. The van der Waals surface area contributed by atoms with Gasteiger partial charge in [0.1, 0.15) is 5.82 Å². The van der Waals surface area contributed by atoms with Crippen LogP contribution in [0.3, 0.4) is 0 Å². The van der Waals surface area contributed by atoms with Gasteiger partial charge in [-0.15, -0.1) is 11.3 Å². The molecule has 2 heterocycles. The van der Waals surface area contributed by atoms with Gasteiger partial charge in [0.25, 0.3) is 5.91 Å². The SMILES string of the molecule is Cc1ccsc1C(=O)N1CCN(c2ccc(F)cc2)CC1. The molecule has 0 bridgehead atoms. The van der Waals surface area contributed by atoms with Gasteiger partial charge in [-0.2, -0.15) is 0 Å². The van der Waals surface area contributed by atoms with Crippen LogP contribution >= 0.6 is 11.3 Å². The summed E-state index contributed by atoms with van der Waals surface area (Å²) >= 11 is 1.50. The Morgan fingerprint density at radius 1 is 1.10 bits per heavy atom. The van der Waals surface area contributed by atoms with Crippen molar-refractivity contribution < 1.29 is 9.18 Å². The van der Waals surface area contributed by atoms with Gasteiger partial charge in [0, 0.05) is 31.9 Å². The third-order valence-electron chi connectivity index (χ3n) is 3.81. The second-order valence-corrected chi connectivity index (χ2v) is 6.10. The summed E-state index contributed by atoms with van der Waals surface area (Å²) < 4.78 is 12.9. The van der Waals surface area contributed by atoms with Gasteiger partial charge < -0.3 is 9.80 Å². The third kappa shape index (κ3) is 2.93. The van der Waals surface area contributed by atoms with Gasteiger partial charge in [-0.05, 0) is 48.2 Å². The Morgan fingerprint density at radius 2 is 1.76 bits per heavy atom. The van der Waals surface area contributed by atoms with E-state index in [0.717, 1.165) is 29.2 Å². The Kier molecular flexibility index (Phi) is 3.92. The molecule has 1 aliphatic rings. The highest BCUT2D eigenvalue weighted by atomic mass is 32.1. The number of nitrogens with zero attached hydrogens (tertiary/aromatic N) is 2. The Hall–Kier alpha value is -1.88. The molecule has 3 nitrogen and oxygen atoms in total. The lowest BCUT2D eigenvalue weighted by Gasteiger charge is -2.36. The first kappa shape index (κ1) is 14.1. The minimum Gasteiger partial charge on any atom is -0.368 e. The number of anilines is 1. The Bertz CT molecular complexity index is 630. The number of rotatable bonds is 2. The zero-order chi connectivity index (χ0) is 14.8. The van der Waals surface area contributed by atoms with Crippen LogP contribution in [0.1, 0.15) is 15.2 Å². The average Bonchev–Trinajstić information content (AvgIpc) is 2.94. The summed E-state index contributed by atoms with van der Waals surface area (Å²) in [5.41, 5.74) is 2.06. The predicted molar refractivity (Wildman–Crippen MR) is 83.6 cm³/mol. The van der Waals surface area contributed by atoms with Crippen LogP contribution in [0.25, 0.3) is 0 Å². The number of benzene rings is 1. The van der Waals surface area contributed by atoms with Gasteiger partial charge in [-0.25, -0.2) is 4.39 Å². The maximum Gasteiger partial charge on any atom is 0.264 e. The van der Waals surface area contributed by atoms with E-state index in [9.17, 15) is 9.18 Å². The lowest BCUT2D eigenvalue weighted by molar-refractivity contribution is 0.0751. The summed E-state index contributed by atoms with van der Waals surface area (Å²) in [6, 6.07) is 8.50. The normalized spacial score (nSPS) is 15.3. The van der Waals surface area contributed by atoms with E-state index in [-0.39, 0.29) is 11.7 Å². The van der Waals surface area contributed by atoms with Gasteiger partial charge >= 0.3 is 0 Å². The van der Waals surface area contributed by atoms with E-state index in [1.165, 1.54) is 23.5 Å². The fourth-order valence-electron chi connectivity index (χ4n) is 2.56. The topological polar surface area (TPSA) is 23.6 Å². The second-order valence-electron chi connectivity index (χ2n) is 5.19. The highest BCUT2D eigenvalue weighted by Crippen LogP contribution is 2.21. The molecule has 5 heteroatoms. The largest absolute Gasteiger partial charge is 0.368 e. The molecule has 1 fully saturated rings. The molecule has 0 unspecified atom stereocenters. The van der Waals surface area contributed by atoms with Gasteiger partial charge in [0.15, 0.2) is 0 Å². The van der Waals surface area contributed by atoms with Crippen molar-refractivity contribution in [3.8, 4) is 0 Å². The zero-order valence-corrected chi connectivity index (χ0v) is 12.7. The third-order valence-corrected chi connectivity index (χ3v) is 4.82. The molecule has 2 aromatic rings. The molecule has 1 saturated heterocycles. The van der Waals surface area contributed by atoms with E-state index in [0.29, 0.717) is 13.1 Å². The van der Waals surface area contributed by atoms with Crippen LogP contribution in [0.2, 0.25) is 0 Å². The maximum absolute atomic E-state index is 12.9. The maximum atomic E-state index is 12.9. The fraction of sp³-hybridized carbons (Fsp3) is 0.312. The van der Waals surface area contributed by atoms with Crippen molar-refractivity contribution >= 4 is 22.9 Å². The van der Waals surface area contributed by atoms with E-state index < -0.39 is 0 Å². The molecule has 1 amide bonds. The van der Waals surface area contributed by atoms with Gasteiger partial charge in [-0.1, -0.05) is 0 Å². The van der Waals surface area contributed by atoms with Crippen molar-refractivity contribution in [2.45, 2.75) is 6.92 Å². The molecule has 21 heavy (non-hydrogen) atoms. The minimum absolute atomic E-state index is 0.126. The number of carbonyl (C=O) groups is 1. The van der Waals surface area contributed by atoms with Gasteiger partial charge in [0.2, 0.25) is 0 Å². The van der Waals surface area contributed by atoms with Crippen molar-refractivity contribution in [3.05, 3.63) is 52.0 Å². The molecule has 0 N–H and O–H groups in total. The molecule has 0 aliphatic carbocycles. The molecule has 1 aromatic heterocycles. The number of amides is 1. The van der Waals surface area contributed by atoms with E-state index >= 15 is 0 Å². The van der Waals surface area contributed by atoms with Crippen molar-refractivity contribution in [2.24, 2.45) is 0 Å². The van der Waals surface area contributed by atoms with Crippen LogP contribution in [-0.2, 0) is 0 Å². The highest BCUT2D eigenvalue weighted by molar-refractivity contribution is 7.12. The highest BCUT2D eigenvalue weighted by Gasteiger charge is 2.23. The van der Waals surface area contributed by atoms with Crippen molar-refractivity contribution in [3.63, 3.8) is 0 Å². The number of halogens is 1. The van der Waals surface area contributed by atoms with Crippen molar-refractivity contribution in [2.75, 3.05) is 31.1 Å². The van der Waals surface area contributed by atoms with Crippen LogP contribution in [-0.4, -0.2) is 37.0 Å². The van der Waals surface area contributed by atoms with E-state index in [4.69, 9.17) is 0 Å². The molecule has 110 valence electrons. The summed E-state index contributed by atoms with van der Waals surface area (Å²) in [5, 5.41) is 1.96. The van der Waals surface area contributed by atoms with Gasteiger partial charge in [-0.3, -0.25) is 4.79 Å². The Morgan fingerprint density at radius 3 is 2.33 bits per heavy atom. The summed E-state index contributed by atoms with van der Waals surface area (Å²) in [4.78, 5) is 17.4. The van der Waals surface area contributed by atoms with Crippen LogP contribution in [0, 0.1) is 12.7 Å². The number of aryl methyl sites for hydroxylation is 1. The standard InChI is InChI=1S/C16H17FN2OS/c1-12-6-11-21-15(12)16(20)19-9-7-18(8-10-19)14-4-2-13(17)3-5-14/h2-6,11H,7-10H2,1H3. The van der Waals surface area contributed by atoms with Crippen LogP contribution in [0.15, 0.2) is 35.7 Å². The smallest absolute Gasteiger partial charge is 0.264 e. The summed E-state index contributed by atoms with van der Waals surface area (Å²) in [6.07, 6.45) is 0. The number of carbonyl (C=O) groups excluding carboxylic acids is 1. The van der Waals surface area contributed by atoms with Gasteiger partial charge in [0.05, 0.1) is 4.88 Å². The van der Waals surface area contributed by atoms with E-state index in [2.05, 4.69) is 4.90 Å². The van der Waals surface area contributed by atoms with E-state index in [1.807, 2.05) is 23.3 Å². The Labute approximate surface area is 127 Å². The summed E-state index contributed by atoms with van der Waals surface area (Å²) in [7, 11) is 0. The van der Waals surface area contributed by atoms with Crippen LogP contribution < -0.4 is 4.90 Å². The average molecular weight is 304 g/mol. The quantitative estimate of drug-likeness (QED) is 0.851. The second kappa shape index (κ2) is 5.85. The molecule has 1 aromatic carbocycles. The first-order valence-corrected chi connectivity index (χ1v) is 7.87. The lowest BCUT2D eigenvalue weighted by Crippen LogP contribution is -2.48. The monoisotopic (exact) mass is 304 g/mol. The van der Waals surface area contributed by atoms with Crippen LogP contribution in [0.4, 0.5) is 10.1 Å². The van der Waals surface area contributed by atoms with Crippen molar-refractivity contribution in [1.82, 2.24) is 4.90 Å². The number of piperazine rings is 1. The van der Waals surface area contributed by atoms with Crippen molar-refractivity contribution in [1.29, 1.82) is 0 Å². The zero-order valence-electron chi connectivity index (χ0n) is 11.9. The van der Waals surface area contributed by atoms with Crippen LogP contribution in [0.5, 0.6) is 0 Å². The molecule has 0 radical (unpaired) electrons. The molecule has 1 aliphatic heterocycles. The summed E-state index contributed by atoms with van der Waals surface area (Å²) in [5.74, 6) is -0.0954. The number of hydrogen-bond donors (Lipinski definition) is 0. The van der Waals surface area contributed by atoms with E-state index in [1.54, 1.807) is 12.1 Å².